The lowest BCUT2D eigenvalue weighted by atomic mass is 9.92. The molecule has 2 unspecified atom stereocenters. The van der Waals surface area contributed by atoms with Crippen molar-refractivity contribution in [1.82, 2.24) is 10.2 Å². The van der Waals surface area contributed by atoms with Gasteiger partial charge in [-0.2, -0.15) is 0 Å². The minimum absolute atomic E-state index is 0.0242. The monoisotopic (exact) mass is 323 g/mol. The molecule has 2 atom stereocenters. The molecule has 7 heteroatoms. The van der Waals surface area contributed by atoms with Crippen LogP contribution in [0.3, 0.4) is 0 Å². The van der Waals surface area contributed by atoms with Crippen LogP contribution in [0, 0.1) is 5.82 Å². The van der Waals surface area contributed by atoms with E-state index in [1.54, 1.807) is 11.0 Å². The molecule has 0 radical (unpaired) electrons. The largest absolute Gasteiger partial charge is 0.494 e. The van der Waals surface area contributed by atoms with Gasteiger partial charge in [0.2, 0.25) is 5.91 Å². The van der Waals surface area contributed by atoms with E-state index in [2.05, 4.69) is 5.32 Å². The Kier molecular flexibility index (Phi) is 5.41. The number of amides is 3. The second-order valence-electron chi connectivity index (χ2n) is 5.66. The van der Waals surface area contributed by atoms with Crippen molar-refractivity contribution in [1.29, 1.82) is 0 Å². The normalized spacial score (nSPS) is 20.4. The Morgan fingerprint density at radius 3 is 2.83 bits per heavy atom. The number of carbonyl (C=O) groups excluding carboxylic acids is 2. The third kappa shape index (κ3) is 3.91. The third-order valence-electron chi connectivity index (χ3n) is 4.32. The lowest BCUT2D eigenvalue weighted by Crippen LogP contribution is -2.38. The Hall–Kier alpha value is -2.31. The maximum atomic E-state index is 13.9. The molecule has 0 spiro atoms. The molecular formula is C16H22FN3O3. The molecule has 0 bridgehead atoms. The average molecular weight is 323 g/mol. The van der Waals surface area contributed by atoms with Crippen LogP contribution in [0.5, 0.6) is 5.75 Å². The first-order valence-corrected chi connectivity index (χ1v) is 7.60. The summed E-state index contributed by atoms with van der Waals surface area (Å²) in [6, 6.07) is 4.26. The summed E-state index contributed by atoms with van der Waals surface area (Å²) in [6.45, 7) is 2.80. The van der Waals surface area contributed by atoms with Crippen molar-refractivity contribution in [3.63, 3.8) is 0 Å². The van der Waals surface area contributed by atoms with Crippen molar-refractivity contribution in [2.24, 2.45) is 5.73 Å². The zero-order chi connectivity index (χ0) is 17.0. The lowest BCUT2D eigenvalue weighted by molar-refractivity contribution is -0.131. The van der Waals surface area contributed by atoms with E-state index in [1.165, 1.54) is 13.2 Å². The van der Waals surface area contributed by atoms with E-state index in [4.69, 9.17) is 10.5 Å². The highest BCUT2D eigenvalue weighted by Crippen LogP contribution is 2.35. The van der Waals surface area contributed by atoms with Gasteiger partial charge in [-0.3, -0.25) is 4.79 Å². The zero-order valence-electron chi connectivity index (χ0n) is 13.3. The van der Waals surface area contributed by atoms with Gasteiger partial charge in [-0.15, -0.1) is 0 Å². The van der Waals surface area contributed by atoms with Gasteiger partial charge < -0.3 is 20.7 Å². The number of carbonyl (C=O) groups is 2. The van der Waals surface area contributed by atoms with E-state index in [0.717, 1.165) is 12.0 Å². The number of urea groups is 1. The summed E-state index contributed by atoms with van der Waals surface area (Å²) in [5.74, 6) is -0.135. The van der Waals surface area contributed by atoms with Crippen LogP contribution >= 0.6 is 0 Å². The summed E-state index contributed by atoms with van der Waals surface area (Å²) >= 11 is 0. The topological polar surface area (TPSA) is 84.7 Å². The Morgan fingerprint density at radius 2 is 2.22 bits per heavy atom. The minimum atomic E-state index is -0.640. The SMILES string of the molecule is COc1ccc(C2CCN(C(=O)CCNC(N)=O)C2C)cc1F. The summed E-state index contributed by atoms with van der Waals surface area (Å²) < 4.78 is 18.8. The number of benzene rings is 1. The summed E-state index contributed by atoms with van der Waals surface area (Å²) in [6.07, 6.45) is 0.985. The molecule has 1 aliphatic rings. The maximum Gasteiger partial charge on any atom is 0.312 e. The van der Waals surface area contributed by atoms with E-state index < -0.39 is 11.8 Å². The van der Waals surface area contributed by atoms with Gasteiger partial charge in [0.25, 0.3) is 0 Å². The van der Waals surface area contributed by atoms with Crippen LogP contribution in [0.4, 0.5) is 9.18 Å². The van der Waals surface area contributed by atoms with Crippen molar-refractivity contribution in [2.75, 3.05) is 20.2 Å². The Bertz CT molecular complexity index is 594. The van der Waals surface area contributed by atoms with Crippen LogP contribution in [0.2, 0.25) is 0 Å². The first-order valence-electron chi connectivity index (χ1n) is 7.60. The molecule has 0 aliphatic carbocycles. The van der Waals surface area contributed by atoms with E-state index in [-0.39, 0.29) is 36.6 Å². The summed E-state index contributed by atoms with van der Waals surface area (Å²) in [5.41, 5.74) is 5.84. The van der Waals surface area contributed by atoms with Gasteiger partial charge >= 0.3 is 6.03 Å². The Balaban J connectivity index is 2.00. The van der Waals surface area contributed by atoms with Crippen LogP contribution in [-0.2, 0) is 4.79 Å². The number of primary amides is 1. The van der Waals surface area contributed by atoms with Crippen molar-refractivity contribution in [2.45, 2.75) is 31.7 Å². The molecule has 3 N–H and O–H groups in total. The summed E-state index contributed by atoms with van der Waals surface area (Å²) in [4.78, 5) is 24.6. The number of methoxy groups -OCH3 is 1. The second kappa shape index (κ2) is 7.30. The van der Waals surface area contributed by atoms with Gasteiger partial charge in [-0.25, -0.2) is 9.18 Å². The Labute approximate surface area is 134 Å². The smallest absolute Gasteiger partial charge is 0.312 e. The van der Waals surface area contributed by atoms with Gasteiger partial charge in [0, 0.05) is 31.5 Å². The highest BCUT2D eigenvalue weighted by atomic mass is 19.1. The molecule has 23 heavy (non-hydrogen) atoms. The molecule has 1 aliphatic heterocycles. The summed E-state index contributed by atoms with van der Waals surface area (Å²) in [5, 5.41) is 2.41. The van der Waals surface area contributed by atoms with Gasteiger partial charge in [-0.1, -0.05) is 6.07 Å². The van der Waals surface area contributed by atoms with Crippen molar-refractivity contribution >= 4 is 11.9 Å². The van der Waals surface area contributed by atoms with Crippen molar-refractivity contribution in [3.8, 4) is 5.75 Å². The fraction of sp³-hybridized carbons (Fsp3) is 0.500. The number of nitrogens with one attached hydrogen (secondary N) is 1. The first kappa shape index (κ1) is 17.1. The zero-order valence-corrected chi connectivity index (χ0v) is 13.3. The standard InChI is InChI=1S/C16H22FN3O3/c1-10-12(11-3-4-14(23-2)13(17)9-11)6-8-20(10)15(21)5-7-19-16(18)22/h3-4,9-10,12H,5-8H2,1-2H3,(H3,18,19,22). The van der Waals surface area contributed by atoms with Gasteiger partial charge in [0.1, 0.15) is 0 Å². The van der Waals surface area contributed by atoms with Crippen molar-refractivity contribution < 1.29 is 18.7 Å². The molecular weight excluding hydrogens is 301 g/mol. The number of hydrogen-bond acceptors (Lipinski definition) is 3. The summed E-state index contributed by atoms with van der Waals surface area (Å²) in [7, 11) is 1.43. The Morgan fingerprint density at radius 1 is 1.48 bits per heavy atom. The van der Waals surface area contributed by atoms with E-state index in [1.807, 2.05) is 13.0 Å². The molecule has 3 amide bonds. The van der Waals surface area contributed by atoms with Crippen molar-refractivity contribution in [3.05, 3.63) is 29.6 Å². The van der Waals surface area contributed by atoms with E-state index >= 15 is 0 Å². The number of hydrogen-bond donors (Lipinski definition) is 2. The molecule has 0 saturated carbocycles. The van der Waals surface area contributed by atoms with Crippen LogP contribution in [0.15, 0.2) is 18.2 Å². The van der Waals surface area contributed by atoms with Gasteiger partial charge in [-0.05, 0) is 31.0 Å². The number of ether oxygens (including phenoxy) is 1. The van der Waals surface area contributed by atoms with Crippen LogP contribution < -0.4 is 15.8 Å². The second-order valence-corrected chi connectivity index (χ2v) is 5.66. The highest BCUT2D eigenvalue weighted by molar-refractivity contribution is 5.78. The number of likely N-dealkylation sites (tertiary alicyclic amines) is 1. The lowest BCUT2D eigenvalue weighted by Gasteiger charge is -2.25. The van der Waals surface area contributed by atoms with Crippen LogP contribution in [-0.4, -0.2) is 43.1 Å². The molecule has 0 aromatic heterocycles. The highest BCUT2D eigenvalue weighted by Gasteiger charge is 2.34. The number of rotatable bonds is 5. The fourth-order valence-corrected chi connectivity index (χ4v) is 3.09. The minimum Gasteiger partial charge on any atom is -0.494 e. The predicted octanol–water partition coefficient (Wildman–Crippen LogP) is 1.60. The van der Waals surface area contributed by atoms with E-state index in [0.29, 0.717) is 6.54 Å². The molecule has 1 fully saturated rings. The predicted molar refractivity (Wildman–Crippen MR) is 83.7 cm³/mol. The first-order chi connectivity index (χ1) is 10.9. The molecule has 1 saturated heterocycles. The molecule has 1 aromatic carbocycles. The van der Waals surface area contributed by atoms with E-state index in [9.17, 15) is 14.0 Å². The third-order valence-corrected chi connectivity index (χ3v) is 4.32. The molecule has 6 nitrogen and oxygen atoms in total. The number of nitrogens with two attached hydrogens (primary N) is 1. The fourth-order valence-electron chi connectivity index (χ4n) is 3.09. The quantitative estimate of drug-likeness (QED) is 0.863. The molecule has 1 heterocycles. The number of halogens is 1. The maximum absolute atomic E-state index is 13.9. The average Bonchev–Trinajstić information content (AvgIpc) is 2.88. The number of nitrogens with zero attached hydrogens (tertiary/aromatic N) is 1. The van der Waals surface area contributed by atoms with Gasteiger partial charge in [0.05, 0.1) is 7.11 Å². The van der Waals surface area contributed by atoms with Gasteiger partial charge in [0.15, 0.2) is 11.6 Å². The van der Waals surface area contributed by atoms with Crippen LogP contribution in [0.1, 0.15) is 31.2 Å². The molecule has 2 rings (SSSR count). The van der Waals surface area contributed by atoms with Crippen LogP contribution in [0.25, 0.3) is 0 Å². The molecule has 1 aromatic rings. The molecule has 126 valence electrons.